The number of halogens is 1. The van der Waals surface area contributed by atoms with Crippen molar-refractivity contribution in [1.82, 2.24) is 0 Å². The van der Waals surface area contributed by atoms with Crippen LogP contribution in [0.2, 0.25) is 0 Å². The van der Waals surface area contributed by atoms with Crippen molar-refractivity contribution < 1.29 is 17.6 Å². The van der Waals surface area contributed by atoms with Crippen LogP contribution >= 0.6 is 0 Å². The second-order valence-electron chi connectivity index (χ2n) is 6.39. The molecule has 1 amide bonds. The van der Waals surface area contributed by atoms with Crippen molar-refractivity contribution in [2.24, 2.45) is 0 Å². The van der Waals surface area contributed by atoms with Gasteiger partial charge >= 0.3 is 0 Å². The summed E-state index contributed by atoms with van der Waals surface area (Å²) in [5.41, 5.74) is 3.29. The third-order valence-corrected chi connectivity index (χ3v) is 5.67. The van der Waals surface area contributed by atoms with Crippen molar-refractivity contribution in [1.29, 1.82) is 0 Å². The van der Waals surface area contributed by atoms with Gasteiger partial charge in [-0.2, -0.15) is 0 Å². The molecule has 0 spiro atoms. The third kappa shape index (κ3) is 4.55. The smallest absolute Gasteiger partial charge is 0.261 e. The first-order valence-electron chi connectivity index (χ1n) is 8.52. The molecular formula is C21H19FN2O3S. The van der Waals surface area contributed by atoms with Gasteiger partial charge in [-0.05, 0) is 79.6 Å². The Labute approximate surface area is 163 Å². The third-order valence-electron chi connectivity index (χ3n) is 4.27. The molecule has 3 aromatic carbocycles. The molecule has 0 fully saturated rings. The molecule has 0 unspecified atom stereocenters. The molecule has 0 aliphatic rings. The van der Waals surface area contributed by atoms with Crippen molar-refractivity contribution in [2.45, 2.75) is 18.7 Å². The SMILES string of the molecule is Cc1ccc(NC(=O)c2ccc(S(=O)(=O)Nc3cccc(F)c3)cc2)cc1C. The lowest BCUT2D eigenvalue weighted by atomic mass is 10.1. The van der Waals surface area contributed by atoms with E-state index in [4.69, 9.17) is 0 Å². The fourth-order valence-electron chi connectivity index (χ4n) is 2.57. The Morgan fingerprint density at radius 3 is 2.21 bits per heavy atom. The first kappa shape index (κ1) is 19.6. The van der Waals surface area contributed by atoms with Gasteiger partial charge in [0.1, 0.15) is 5.82 Å². The molecule has 0 saturated heterocycles. The Morgan fingerprint density at radius 2 is 1.57 bits per heavy atom. The maximum Gasteiger partial charge on any atom is 0.261 e. The normalized spacial score (nSPS) is 11.1. The van der Waals surface area contributed by atoms with E-state index in [0.717, 1.165) is 17.2 Å². The van der Waals surface area contributed by atoms with E-state index in [-0.39, 0.29) is 16.5 Å². The Kier molecular flexibility index (Phi) is 5.46. The average molecular weight is 398 g/mol. The zero-order valence-corrected chi connectivity index (χ0v) is 16.2. The van der Waals surface area contributed by atoms with Crippen LogP contribution in [0.3, 0.4) is 0 Å². The van der Waals surface area contributed by atoms with Gasteiger partial charge in [0, 0.05) is 11.3 Å². The topological polar surface area (TPSA) is 75.3 Å². The molecule has 0 heterocycles. The van der Waals surface area contributed by atoms with Gasteiger partial charge in [0.2, 0.25) is 0 Å². The van der Waals surface area contributed by atoms with Gasteiger partial charge < -0.3 is 5.32 Å². The molecule has 0 aliphatic heterocycles. The van der Waals surface area contributed by atoms with Crippen LogP contribution in [-0.2, 0) is 10.0 Å². The van der Waals surface area contributed by atoms with Crippen LogP contribution in [0.1, 0.15) is 21.5 Å². The Hall–Kier alpha value is -3.19. The van der Waals surface area contributed by atoms with Crippen LogP contribution in [0, 0.1) is 19.7 Å². The summed E-state index contributed by atoms with van der Waals surface area (Å²) in [5, 5.41) is 2.78. The van der Waals surface area contributed by atoms with Crippen LogP contribution in [0.4, 0.5) is 15.8 Å². The molecule has 3 rings (SSSR count). The molecular weight excluding hydrogens is 379 g/mol. The van der Waals surface area contributed by atoms with Gasteiger partial charge in [-0.1, -0.05) is 12.1 Å². The zero-order valence-electron chi connectivity index (χ0n) is 15.4. The van der Waals surface area contributed by atoms with E-state index in [1.807, 2.05) is 32.0 Å². The van der Waals surface area contributed by atoms with Crippen LogP contribution in [0.15, 0.2) is 71.6 Å². The summed E-state index contributed by atoms with van der Waals surface area (Å²) >= 11 is 0. The minimum Gasteiger partial charge on any atom is -0.322 e. The monoisotopic (exact) mass is 398 g/mol. The largest absolute Gasteiger partial charge is 0.322 e. The summed E-state index contributed by atoms with van der Waals surface area (Å²) in [7, 11) is -3.89. The van der Waals surface area contributed by atoms with Gasteiger partial charge in [-0.15, -0.1) is 0 Å². The molecule has 0 aliphatic carbocycles. The minimum absolute atomic E-state index is 0.0282. The fourth-order valence-corrected chi connectivity index (χ4v) is 3.62. The Balaban J connectivity index is 1.74. The summed E-state index contributed by atoms with van der Waals surface area (Å²) in [6.07, 6.45) is 0. The summed E-state index contributed by atoms with van der Waals surface area (Å²) in [6.45, 7) is 3.94. The van der Waals surface area contributed by atoms with Crippen molar-refractivity contribution >= 4 is 27.3 Å². The van der Waals surface area contributed by atoms with E-state index in [9.17, 15) is 17.6 Å². The number of hydrogen-bond acceptors (Lipinski definition) is 3. The first-order chi connectivity index (χ1) is 13.2. The van der Waals surface area contributed by atoms with E-state index in [1.165, 1.54) is 42.5 Å². The van der Waals surface area contributed by atoms with Crippen LogP contribution in [0.25, 0.3) is 0 Å². The molecule has 2 N–H and O–H groups in total. The number of anilines is 2. The van der Waals surface area contributed by atoms with Crippen molar-refractivity contribution in [3.8, 4) is 0 Å². The van der Waals surface area contributed by atoms with Crippen molar-refractivity contribution in [3.63, 3.8) is 0 Å². The van der Waals surface area contributed by atoms with Crippen LogP contribution in [-0.4, -0.2) is 14.3 Å². The number of rotatable bonds is 5. The number of benzene rings is 3. The number of carbonyl (C=O) groups is 1. The van der Waals surface area contributed by atoms with Gasteiger partial charge in [-0.3, -0.25) is 9.52 Å². The van der Waals surface area contributed by atoms with Crippen molar-refractivity contribution in [3.05, 3.63) is 89.2 Å². The maximum atomic E-state index is 13.2. The molecule has 0 saturated carbocycles. The molecule has 3 aromatic rings. The highest BCUT2D eigenvalue weighted by molar-refractivity contribution is 7.92. The number of hydrogen-bond donors (Lipinski definition) is 2. The highest BCUT2D eigenvalue weighted by Crippen LogP contribution is 2.19. The van der Waals surface area contributed by atoms with Gasteiger partial charge in [0.05, 0.1) is 10.6 Å². The quantitative estimate of drug-likeness (QED) is 0.665. The summed E-state index contributed by atoms with van der Waals surface area (Å²) < 4.78 is 40.4. The minimum atomic E-state index is -3.89. The summed E-state index contributed by atoms with van der Waals surface area (Å²) in [4.78, 5) is 12.4. The van der Waals surface area contributed by atoms with E-state index in [0.29, 0.717) is 11.3 Å². The average Bonchev–Trinajstić information content (AvgIpc) is 2.64. The molecule has 0 bridgehead atoms. The number of aryl methyl sites for hydroxylation is 2. The summed E-state index contributed by atoms with van der Waals surface area (Å²) in [5.74, 6) is -0.885. The van der Waals surface area contributed by atoms with Crippen molar-refractivity contribution in [2.75, 3.05) is 10.0 Å². The van der Waals surface area contributed by atoms with Gasteiger partial charge in [0.25, 0.3) is 15.9 Å². The number of amides is 1. The lowest BCUT2D eigenvalue weighted by Crippen LogP contribution is -2.15. The molecule has 5 nitrogen and oxygen atoms in total. The highest BCUT2D eigenvalue weighted by Gasteiger charge is 2.16. The second-order valence-corrected chi connectivity index (χ2v) is 8.08. The van der Waals surface area contributed by atoms with E-state index >= 15 is 0 Å². The summed E-state index contributed by atoms with van der Waals surface area (Å²) in [6, 6.07) is 16.3. The molecule has 0 radical (unpaired) electrons. The standard InChI is InChI=1S/C21H19FN2O3S/c1-14-6-9-18(12-15(14)2)23-21(25)16-7-10-20(11-8-16)28(26,27)24-19-5-3-4-17(22)13-19/h3-13,24H,1-2H3,(H,23,25). The molecule has 144 valence electrons. The number of carbonyl (C=O) groups excluding carboxylic acids is 1. The first-order valence-corrected chi connectivity index (χ1v) is 10.00. The van der Waals surface area contributed by atoms with E-state index < -0.39 is 15.8 Å². The Bertz CT molecular complexity index is 1130. The van der Waals surface area contributed by atoms with Crippen LogP contribution < -0.4 is 10.0 Å². The van der Waals surface area contributed by atoms with Crippen LogP contribution in [0.5, 0.6) is 0 Å². The number of nitrogens with one attached hydrogen (secondary N) is 2. The van der Waals surface area contributed by atoms with Gasteiger partial charge in [-0.25, -0.2) is 12.8 Å². The maximum absolute atomic E-state index is 13.2. The lowest BCUT2D eigenvalue weighted by molar-refractivity contribution is 0.102. The molecule has 0 atom stereocenters. The number of sulfonamides is 1. The zero-order chi connectivity index (χ0) is 20.3. The second kappa shape index (κ2) is 7.82. The molecule has 7 heteroatoms. The molecule has 28 heavy (non-hydrogen) atoms. The van der Waals surface area contributed by atoms with Gasteiger partial charge in [0.15, 0.2) is 0 Å². The molecule has 0 aromatic heterocycles. The van der Waals surface area contributed by atoms with E-state index in [2.05, 4.69) is 10.0 Å². The predicted octanol–water partition coefficient (Wildman–Crippen LogP) is 4.50. The highest BCUT2D eigenvalue weighted by atomic mass is 32.2. The lowest BCUT2D eigenvalue weighted by Gasteiger charge is -2.10. The van der Waals surface area contributed by atoms with E-state index in [1.54, 1.807) is 0 Å². The fraction of sp³-hybridized carbons (Fsp3) is 0.0952. The predicted molar refractivity (Wildman–Crippen MR) is 108 cm³/mol. The Morgan fingerprint density at radius 1 is 0.857 bits per heavy atom.